The lowest BCUT2D eigenvalue weighted by Gasteiger charge is -2.38. The summed E-state index contributed by atoms with van der Waals surface area (Å²) in [4.78, 5) is 51.9. The number of rotatable bonds is 12. The Bertz CT molecular complexity index is 971. The maximum absolute atomic E-state index is 13.2. The molecule has 2 N–H and O–H groups in total. The fourth-order valence-electron chi connectivity index (χ4n) is 3.32. The van der Waals surface area contributed by atoms with Gasteiger partial charge < -0.3 is 20.3 Å². The SMILES string of the molecule is CS[C@H]([C@@H](NC(=O)COc1ccccc1)C(=O)NCc1ccccc1)N(C(C)=O)[C@H](C)C(C)=O. The first-order valence-electron chi connectivity index (χ1n) is 10.9. The van der Waals surface area contributed by atoms with Crippen LogP contribution in [0, 0.1) is 0 Å². The van der Waals surface area contributed by atoms with Gasteiger partial charge in [-0.15, -0.1) is 11.8 Å². The molecule has 3 amide bonds. The third-order valence-electron chi connectivity index (χ3n) is 5.19. The fraction of sp³-hybridized carbons (Fsp3) is 0.360. The first kappa shape index (κ1) is 26.9. The van der Waals surface area contributed by atoms with Gasteiger partial charge in [0.05, 0.1) is 6.04 Å². The fourth-order valence-corrected chi connectivity index (χ4v) is 4.34. The van der Waals surface area contributed by atoms with Crippen LogP contribution in [0.1, 0.15) is 26.3 Å². The molecular formula is C25H31N3O5S. The Morgan fingerprint density at radius 2 is 1.56 bits per heavy atom. The molecule has 0 heterocycles. The molecule has 0 radical (unpaired) electrons. The van der Waals surface area contributed by atoms with Gasteiger partial charge in [-0.3, -0.25) is 19.2 Å². The van der Waals surface area contributed by atoms with Crippen molar-refractivity contribution in [3.8, 4) is 5.75 Å². The second kappa shape index (κ2) is 13.4. The number of ether oxygens (including phenoxy) is 1. The first-order chi connectivity index (χ1) is 16.2. The number of carbonyl (C=O) groups is 4. The molecule has 0 spiro atoms. The number of hydrogen-bond donors (Lipinski definition) is 2. The number of amides is 3. The normalized spacial score (nSPS) is 13.2. The summed E-state index contributed by atoms with van der Waals surface area (Å²) in [5.74, 6) is -1.09. The van der Waals surface area contributed by atoms with Gasteiger partial charge in [-0.2, -0.15) is 0 Å². The predicted molar refractivity (Wildman–Crippen MR) is 132 cm³/mol. The molecule has 2 rings (SSSR count). The van der Waals surface area contributed by atoms with E-state index in [2.05, 4.69) is 10.6 Å². The van der Waals surface area contributed by atoms with E-state index in [9.17, 15) is 19.2 Å². The van der Waals surface area contributed by atoms with Crippen LogP contribution >= 0.6 is 11.8 Å². The maximum Gasteiger partial charge on any atom is 0.258 e. The molecule has 0 aliphatic heterocycles. The minimum absolute atomic E-state index is 0.226. The summed E-state index contributed by atoms with van der Waals surface area (Å²) >= 11 is 1.20. The lowest BCUT2D eigenvalue weighted by Crippen LogP contribution is -2.61. The molecule has 0 aliphatic rings. The van der Waals surface area contributed by atoms with E-state index >= 15 is 0 Å². The number of Topliss-reactive ketones (excluding diaryl/α,β-unsaturated/α-hetero) is 1. The summed E-state index contributed by atoms with van der Waals surface area (Å²) in [7, 11) is 0. The second-order valence-electron chi connectivity index (χ2n) is 7.69. The predicted octanol–water partition coefficient (Wildman–Crippen LogP) is 2.38. The van der Waals surface area contributed by atoms with Gasteiger partial charge in [-0.05, 0) is 37.8 Å². The molecule has 0 saturated heterocycles. The molecule has 2 aromatic carbocycles. The highest BCUT2D eigenvalue weighted by Crippen LogP contribution is 2.21. The molecule has 9 heteroatoms. The smallest absolute Gasteiger partial charge is 0.258 e. The molecule has 0 aromatic heterocycles. The number of thioether (sulfide) groups is 1. The van der Waals surface area contributed by atoms with Crippen LogP contribution in [0.2, 0.25) is 0 Å². The molecule has 3 atom stereocenters. The number of nitrogens with zero attached hydrogens (tertiary/aromatic N) is 1. The van der Waals surface area contributed by atoms with Gasteiger partial charge >= 0.3 is 0 Å². The monoisotopic (exact) mass is 485 g/mol. The summed E-state index contributed by atoms with van der Waals surface area (Å²) < 4.78 is 5.50. The Morgan fingerprint density at radius 3 is 2.09 bits per heavy atom. The molecular weight excluding hydrogens is 454 g/mol. The molecule has 0 fully saturated rings. The van der Waals surface area contributed by atoms with Gasteiger partial charge in [0.2, 0.25) is 11.8 Å². The van der Waals surface area contributed by atoms with Gasteiger partial charge in [-0.25, -0.2) is 0 Å². The second-order valence-corrected chi connectivity index (χ2v) is 8.64. The van der Waals surface area contributed by atoms with E-state index in [0.29, 0.717) is 5.75 Å². The Hall–Kier alpha value is -3.33. The molecule has 2 aromatic rings. The lowest BCUT2D eigenvalue weighted by atomic mass is 10.1. The number of benzene rings is 2. The van der Waals surface area contributed by atoms with E-state index in [-0.39, 0.29) is 24.8 Å². The zero-order valence-corrected chi connectivity index (χ0v) is 20.6. The van der Waals surface area contributed by atoms with Crippen LogP contribution in [0.4, 0.5) is 0 Å². The molecule has 0 saturated carbocycles. The molecule has 8 nitrogen and oxygen atoms in total. The van der Waals surface area contributed by atoms with E-state index in [0.717, 1.165) is 5.56 Å². The number of hydrogen-bond acceptors (Lipinski definition) is 6. The topological polar surface area (TPSA) is 105 Å². The van der Waals surface area contributed by atoms with Crippen LogP contribution in [0.3, 0.4) is 0 Å². The summed E-state index contributed by atoms with van der Waals surface area (Å²) in [5.41, 5.74) is 0.884. The largest absolute Gasteiger partial charge is 0.484 e. The van der Waals surface area contributed by atoms with E-state index in [1.165, 1.54) is 30.5 Å². The number of para-hydroxylation sites is 1. The van der Waals surface area contributed by atoms with Gasteiger partial charge in [0.25, 0.3) is 5.91 Å². The van der Waals surface area contributed by atoms with Crippen molar-refractivity contribution in [1.82, 2.24) is 15.5 Å². The highest BCUT2D eigenvalue weighted by atomic mass is 32.2. The van der Waals surface area contributed by atoms with Crippen LogP contribution in [0.25, 0.3) is 0 Å². The van der Waals surface area contributed by atoms with Crippen molar-refractivity contribution in [1.29, 1.82) is 0 Å². The summed E-state index contributed by atoms with van der Waals surface area (Å²) in [6.45, 7) is 4.26. The minimum Gasteiger partial charge on any atom is -0.484 e. The lowest BCUT2D eigenvalue weighted by molar-refractivity contribution is -0.140. The van der Waals surface area contributed by atoms with Crippen LogP contribution in [0.15, 0.2) is 60.7 Å². The van der Waals surface area contributed by atoms with Crippen LogP contribution in [-0.2, 0) is 25.7 Å². The number of carbonyl (C=O) groups excluding carboxylic acids is 4. The van der Waals surface area contributed by atoms with Crippen LogP contribution < -0.4 is 15.4 Å². The van der Waals surface area contributed by atoms with Crippen LogP contribution in [0.5, 0.6) is 5.75 Å². The first-order valence-corrected chi connectivity index (χ1v) is 12.1. The van der Waals surface area contributed by atoms with Gasteiger partial charge in [0.1, 0.15) is 17.2 Å². The molecule has 0 bridgehead atoms. The highest BCUT2D eigenvalue weighted by Gasteiger charge is 2.38. The Kier molecular flexibility index (Phi) is 10.6. The zero-order valence-electron chi connectivity index (χ0n) is 19.8. The zero-order chi connectivity index (χ0) is 25.1. The van der Waals surface area contributed by atoms with E-state index in [1.807, 2.05) is 36.4 Å². The minimum atomic E-state index is -1.11. The van der Waals surface area contributed by atoms with Crippen LogP contribution in [-0.4, -0.2) is 58.7 Å². The highest BCUT2D eigenvalue weighted by molar-refractivity contribution is 7.99. The van der Waals surface area contributed by atoms with Gasteiger partial charge in [0, 0.05) is 13.5 Å². The standard InChI is InChI=1S/C25H31N3O5S/c1-17(18(2)29)28(19(3)30)25(34-4)23(24(32)26-15-20-11-7-5-8-12-20)27-22(31)16-33-21-13-9-6-10-14-21/h5-14,17,23,25H,15-16H2,1-4H3,(H,26,32)(H,27,31)/t17-,23+,25-/m1/s1. The van der Waals surface area contributed by atoms with Crippen molar-refractivity contribution in [2.24, 2.45) is 0 Å². The van der Waals surface area contributed by atoms with Crippen molar-refractivity contribution in [2.45, 2.75) is 44.8 Å². The van der Waals surface area contributed by atoms with Crippen molar-refractivity contribution in [3.63, 3.8) is 0 Å². The molecule has 182 valence electrons. The average molecular weight is 486 g/mol. The van der Waals surface area contributed by atoms with Crippen molar-refractivity contribution in [3.05, 3.63) is 66.2 Å². The van der Waals surface area contributed by atoms with Crippen molar-refractivity contribution >= 4 is 35.3 Å². The summed E-state index contributed by atoms with van der Waals surface area (Å²) in [5, 5.41) is 4.71. The molecule has 34 heavy (non-hydrogen) atoms. The van der Waals surface area contributed by atoms with Gasteiger partial charge in [0.15, 0.2) is 12.4 Å². The summed E-state index contributed by atoms with van der Waals surface area (Å²) in [6.07, 6.45) is 1.72. The van der Waals surface area contributed by atoms with E-state index in [4.69, 9.17) is 4.74 Å². The third-order valence-corrected chi connectivity index (χ3v) is 6.17. The van der Waals surface area contributed by atoms with Crippen molar-refractivity contribution < 1.29 is 23.9 Å². The van der Waals surface area contributed by atoms with E-state index in [1.54, 1.807) is 37.4 Å². The Balaban J connectivity index is 2.24. The summed E-state index contributed by atoms with van der Waals surface area (Å²) in [6, 6.07) is 16.3. The number of nitrogens with one attached hydrogen (secondary N) is 2. The number of ketones is 1. The average Bonchev–Trinajstić information content (AvgIpc) is 2.83. The molecule has 0 unspecified atom stereocenters. The quantitative estimate of drug-likeness (QED) is 0.448. The van der Waals surface area contributed by atoms with Gasteiger partial charge in [-0.1, -0.05) is 48.5 Å². The van der Waals surface area contributed by atoms with Crippen molar-refractivity contribution in [2.75, 3.05) is 12.9 Å². The van der Waals surface area contributed by atoms with E-state index < -0.39 is 29.3 Å². The third kappa shape index (κ3) is 7.91. The maximum atomic E-state index is 13.2. The Labute approximate surface area is 204 Å². The Morgan fingerprint density at radius 1 is 0.971 bits per heavy atom. The molecule has 0 aliphatic carbocycles.